The highest BCUT2D eigenvalue weighted by atomic mass is 16.1. The van der Waals surface area contributed by atoms with E-state index in [-0.39, 0.29) is 18.0 Å². The molecule has 1 aliphatic heterocycles. The normalized spacial score (nSPS) is 14.9. The van der Waals surface area contributed by atoms with Gasteiger partial charge in [0.1, 0.15) is 0 Å². The topological polar surface area (TPSA) is 86.3 Å². The number of rotatable bonds is 7. The number of amides is 1. The van der Waals surface area contributed by atoms with E-state index in [1.807, 2.05) is 44.5 Å². The summed E-state index contributed by atoms with van der Waals surface area (Å²) < 4.78 is 1.90. The number of aromatic amines is 1. The number of hydrogen-bond acceptors (Lipinski definition) is 5. The van der Waals surface area contributed by atoms with Crippen LogP contribution in [0.4, 0.5) is 0 Å². The number of benzene rings is 1. The lowest BCUT2D eigenvalue weighted by Gasteiger charge is -2.34. The molecule has 1 amide bonds. The van der Waals surface area contributed by atoms with Crippen molar-refractivity contribution < 1.29 is 4.79 Å². The zero-order chi connectivity index (χ0) is 26.0. The first-order valence-electron chi connectivity index (χ1n) is 12.5. The van der Waals surface area contributed by atoms with E-state index >= 15 is 0 Å². The molecular formula is C28H36N6O2. The van der Waals surface area contributed by atoms with Crippen LogP contribution in [-0.4, -0.2) is 63.7 Å². The lowest BCUT2D eigenvalue weighted by Crippen LogP contribution is -2.43. The number of carbonyl (C=O) groups excluding carboxylic acids is 1. The number of allylic oxidation sites excluding steroid dienone is 2. The molecule has 0 atom stereocenters. The summed E-state index contributed by atoms with van der Waals surface area (Å²) in [4.78, 5) is 33.2. The minimum absolute atomic E-state index is 0.156. The SMILES string of the molecule is C=C(C=C(C)c1cc(C(=O)NCc2c(C)cc(C)[nH]c2=O)c2cnn(CC)c2c1)N1CCN(C)CC1. The van der Waals surface area contributed by atoms with E-state index in [1.165, 1.54) is 0 Å². The summed E-state index contributed by atoms with van der Waals surface area (Å²) in [6.07, 6.45) is 3.83. The molecule has 36 heavy (non-hydrogen) atoms. The van der Waals surface area contributed by atoms with Gasteiger partial charge in [0, 0.05) is 61.6 Å². The standard InChI is InChI=1S/C28H36N6O2/c1-7-34-26-15-22(18(2)13-21(5)33-10-8-32(6)9-11-33)14-23(25(26)17-30-34)27(35)29-16-24-19(3)12-20(4)31-28(24)36/h12-15,17H,5,7-11,16H2,1-4,6H3,(H,29,35)(H,31,36). The molecule has 3 heterocycles. The summed E-state index contributed by atoms with van der Waals surface area (Å²) >= 11 is 0. The van der Waals surface area contributed by atoms with Crippen molar-refractivity contribution in [2.75, 3.05) is 33.2 Å². The molecule has 4 rings (SSSR count). The van der Waals surface area contributed by atoms with Gasteiger partial charge in [-0.2, -0.15) is 5.10 Å². The van der Waals surface area contributed by atoms with Gasteiger partial charge in [0.05, 0.1) is 17.3 Å². The molecule has 190 valence electrons. The Labute approximate surface area is 212 Å². The maximum atomic E-state index is 13.4. The molecule has 8 heteroatoms. The quantitative estimate of drug-likeness (QED) is 0.498. The average Bonchev–Trinajstić information content (AvgIpc) is 3.26. The molecule has 1 aliphatic rings. The third-order valence-corrected chi connectivity index (χ3v) is 6.97. The van der Waals surface area contributed by atoms with Gasteiger partial charge in [-0.05, 0) is 75.7 Å². The van der Waals surface area contributed by atoms with E-state index in [0.717, 1.165) is 65.2 Å². The van der Waals surface area contributed by atoms with Gasteiger partial charge in [-0.25, -0.2) is 0 Å². The average molecular weight is 489 g/mol. The number of aromatic nitrogens is 3. The lowest BCUT2D eigenvalue weighted by atomic mass is 9.99. The third kappa shape index (κ3) is 5.28. The van der Waals surface area contributed by atoms with E-state index in [0.29, 0.717) is 17.7 Å². The van der Waals surface area contributed by atoms with Crippen LogP contribution in [0, 0.1) is 13.8 Å². The van der Waals surface area contributed by atoms with Crippen LogP contribution in [0.15, 0.2) is 47.5 Å². The Kier molecular flexibility index (Phi) is 7.45. The second-order valence-corrected chi connectivity index (χ2v) is 9.65. The van der Waals surface area contributed by atoms with E-state index in [1.54, 1.807) is 6.20 Å². The van der Waals surface area contributed by atoms with Crippen LogP contribution in [0.25, 0.3) is 16.5 Å². The molecule has 2 aromatic heterocycles. The smallest absolute Gasteiger partial charge is 0.253 e. The lowest BCUT2D eigenvalue weighted by molar-refractivity contribution is 0.0952. The van der Waals surface area contributed by atoms with Gasteiger partial charge in [-0.1, -0.05) is 6.58 Å². The molecule has 0 bridgehead atoms. The summed E-state index contributed by atoms with van der Waals surface area (Å²) in [6.45, 7) is 16.9. The van der Waals surface area contributed by atoms with Crippen molar-refractivity contribution in [2.45, 2.75) is 40.8 Å². The first-order chi connectivity index (χ1) is 17.2. The summed E-state index contributed by atoms with van der Waals surface area (Å²) in [6, 6.07) is 5.91. The fourth-order valence-corrected chi connectivity index (χ4v) is 4.73. The molecule has 8 nitrogen and oxygen atoms in total. The number of pyridine rings is 1. The molecule has 0 saturated carbocycles. The number of piperazine rings is 1. The molecule has 0 aliphatic carbocycles. The Morgan fingerprint density at radius 3 is 2.58 bits per heavy atom. The molecule has 0 spiro atoms. The Hall–Kier alpha value is -3.65. The zero-order valence-electron chi connectivity index (χ0n) is 21.9. The van der Waals surface area contributed by atoms with Crippen LogP contribution in [0.3, 0.4) is 0 Å². The first kappa shape index (κ1) is 25.4. The van der Waals surface area contributed by atoms with Gasteiger partial charge < -0.3 is 20.1 Å². The van der Waals surface area contributed by atoms with Gasteiger partial charge in [-0.15, -0.1) is 0 Å². The van der Waals surface area contributed by atoms with Crippen molar-refractivity contribution in [1.82, 2.24) is 29.9 Å². The van der Waals surface area contributed by atoms with E-state index in [2.05, 4.69) is 51.0 Å². The van der Waals surface area contributed by atoms with Crippen LogP contribution >= 0.6 is 0 Å². The Balaban J connectivity index is 1.64. The summed E-state index contributed by atoms with van der Waals surface area (Å²) in [7, 11) is 2.14. The van der Waals surface area contributed by atoms with Crippen LogP contribution in [-0.2, 0) is 13.1 Å². The van der Waals surface area contributed by atoms with Crippen molar-refractivity contribution in [3.05, 3.63) is 81.0 Å². The van der Waals surface area contributed by atoms with Gasteiger partial charge >= 0.3 is 0 Å². The molecule has 1 aromatic carbocycles. The number of nitrogens with one attached hydrogen (secondary N) is 2. The number of H-pyrrole nitrogens is 1. The summed E-state index contributed by atoms with van der Waals surface area (Å²) in [5, 5.41) is 8.23. The third-order valence-electron chi connectivity index (χ3n) is 6.97. The Bertz CT molecular complexity index is 1390. The van der Waals surface area contributed by atoms with Crippen molar-refractivity contribution in [3.8, 4) is 0 Å². The number of aryl methyl sites for hydroxylation is 3. The number of hydrogen-bond donors (Lipinski definition) is 2. The second-order valence-electron chi connectivity index (χ2n) is 9.65. The van der Waals surface area contributed by atoms with Crippen LogP contribution in [0.1, 0.15) is 46.6 Å². The van der Waals surface area contributed by atoms with Gasteiger partial charge in [0.25, 0.3) is 11.5 Å². The molecule has 2 N–H and O–H groups in total. The Morgan fingerprint density at radius 1 is 1.19 bits per heavy atom. The van der Waals surface area contributed by atoms with Crippen molar-refractivity contribution in [3.63, 3.8) is 0 Å². The Morgan fingerprint density at radius 2 is 1.92 bits per heavy atom. The predicted octanol–water partition coefficient (Wildman–Crippen LogP) is 3.46. The maximum absolute atomic E-state index is 13.4. The molecule has 1 saturated heterocycles. The highest BCUT2D eigenvalue weighted by molar-refractivity contribution is 6.07. The maximum Gasteiger partial charge on any atom is 0.253 e. The highest BCUT2D eigenvalue weighted by Gasteiger charge is 2.18. The molecule has 0 unspecified atom stereocenters. The molecule has 3 aromatic rings. The number of nitrogens with zero attached hydrogens (tertiary/aromatic N) is 4. The van der Waals surface area contributed by atoms with Gasteiger partial charge in [0.2, 0.25) is 0 Å². The summed E-state index contributed by atoms with van der Waals surface area (Å²) in [5.41, 5.74) is 6.45. The number of fused-ring (bicyclic) bond motifs is 1. The van der Waals surface area contributed by atoms with E-state index in [9.17, 15) is 9.59 Å². The fraction of sp³-hybridized carbons (Fsp3) is 0.393. The fourth-order valence-electron chi connectivity index (χ4n) is 4.73. The number of carbonyl (C=O) groups is 1. The van der Waals surface area contributed by atoms with Gasteiger partial charge in [-0.3, -0.25) is 14.3 Å². The van der Waals surface area contributed by atoms with Crippen molar-refractivity contribution in [2.24, 2.45) is 0 Å². The summed E-state index contributed by atoms with van der Waals surface area (Å²) in [5.74, 6) is -0.234. The minimum atomic E-state index is -0.234. The van der Waals surface area contributed by atoms with E-state index < -0.39 is 0 Å². The molecule has 1 fully saturated rings. The zero-order valence-corrected chi connectivity index (χ0v) is 21.9. The van der Waals surface area contributed by atoms with Gasteiger partial charge in [0.15, 0.2) is 0 Å². The monoisotopic (exact) mass is 488 g/mol. The largest absolute Gasteiger partial charge is 0.369 e. The predicted molar refractivity (Wildman–Crippen MR) is 145 cm³/mol. The first-order valence-corrected chi connectivity index (χ1v) is 12.5. The van der Waals surface area contributed by atoms with E-state index in [4.69, 9.17) is 0 Å². The number of likely N-dealkylation sites (N-methyl/N-ethyl adjacent to an activating group) is 1. The van der Waals surface area contributed by atoms with Crippen molar-refractivity contribution in [1.29, 1.82) is 0 Å². The highest BCUT2D eigenvalue weighted by Crippen LogP contribution is 2.27. The second kappa shape index (κ2) is 10.5. The molecular weight excluding hydrogens is 452 g/mol. The minimum Gasteiger partial charge on any atom is -0.369 e. The van der Waals surface area contributed by atoms with Crippen LogP contribution in [0.5, 0.6) is 0 Å². The molecule has 0 radical (unpaired) electrons. The van der Waals surface area contributed by atoms with Crippen LogP contribution in [0.2, 0.25) is 0 Å². The van der Waals surface area contributed by atoms with Crippen LogP contribution < -0.4 is 10.9 Å². The van der Waals surface area contributed by atoms with Crippen molar-refractivity contribution >= 4 is 22.4 Å².